The van der Waals surface area contributed by atoms with E-state index in [2.05, 4.69) is 30.4 Å². The molecule has 0 spiro atoms. The maximum Gasteiger partial charge on any atom is 0.119 e. The largest absolute Gasteiger partial charge is 0.497 e. The lowest BCUT2D eigenvalue weighted by atomic mass is 9.96. The average Bonchev–Trinajstić information content (AvgIpc) is 2.29. The third kappa shape index (κ3) is 2.51. The second-order valence-electron chi connectivity index (χ2n) is 4.29. The maximum absolute atomic E-state index is 5.30. The lowest BCUT2D eigenvalue weighted by molar-refractivity contribution is 0.400. The molecule has 1 fully saturated rings. The van der Waals surface area contributed by atoms with E-state index in [1.54, 1.807) is 7.11 Å². The molecule has 82 valence electrons. The van der Waals surface area contributed by atoms with Gasteiger partial charge in [-0.15, -0.1) is 0 Å². The van der Waals surface area contributed by atoms with Crippen LogP contribution in [0.4, 0.5) is 0 Å². The molecule has 0 amide bonds. The highest BCUT2D eigenvalue weighted by molar-refractivity contribution is 5.35. The summed E-state index contributed by atoms with van der Waals surface area (Å²) in [5.41, 5.74) is 2.64. The van der Waals surface area contributed by atoms with Gasteiger partial charge in [0.25, 0.3) is 0 Å². The highest BCUT2D eigenvalue weighted by atomic mass is 16.5. The smallest absolute Gasteiger partial charge is 0.119 e. The molecular formula is C13H19NO. The van der Waals surface area contributed by atoms with Crippen LogP contribution in [0, 0.1) is 6.92 Å². The molecule has 0 aromatic heterocycles. The summed E-state index contributed by atoms with van der Waals surface area (Å²) < 4.78 is 5.30. The lowest BCUT2D eigenvalue weighted by Crippen LogP contribution is -2.26. The predicted octanol–water partition coefficient (Wildman–Crippen LogP) is 2.82. The molecule has 1 N–H and O–H groups in total. The topological polar surface area (TPSA) is 21.3 Å². The highest BCUT2D eigenvalue weighted by Gasteiger charge is 2.15. The molecule has 1 aromatic rings. The van der Waals surface area contributed by atoms with Crippen LogP contribution in [0.15, 0.2) is 18.2 Å². The van der Waals surface area contributed by atoms with Gasteiger partial charge in [0.05, 0.1) is 7.11 Å². The summed E-state index contributed by atoms with van der Waals surface area (Å²) in [6.45, 7) is 3.26. The lowest BCUT2D eigenvalue weighted by Gasteiger charge is -2.24. The van der Waals surface area contributed by atoms with E-state index in [0.717, 1.165) is 12.3 Å². The number of methoxy groups -OCH3 is 1. The summed E-state index contributed by atoms with van der Waals surface area (Å²) in [7, 11) is 1.73. The zero-order valence-corrected chi connectivity index (χ0v) is 9.55. The van der Waals surface area contributed by atoms with E-state index < -0.39 is 0 Å². The summed E-state index contributed by atoms with van der Waals surface area (Å²) >= 11 is 0. The number of hydrogen-bond acceptors (Lipinski definition) is 2. The van der Waals surface area contributed by atoms with E-state index >= 15 is 0 Å². The van der Waals surface area contributed by atoms with Crippen LogP contribution in [0.1, 0.15) is 36.4 Å². The second kappa shape index (κ2) is 4.67. The van der Waals surface area contributed by atoms with Gasteiger partial charge >= 0.3 is 0 Å². The fourth-order valence-corrected chi connectivity index (χ4v) is 2.23. The molecule has 1 atom stereocenters. The van der Waals surface area contributed by atoms with Crippen molar-refractivity contribution in [3.63, 3.8) is 0 Å². The van der Waals surface area contributed by atoms with Gasteiger partial charge in [0, 0.05) is 6.04 Å². The first-order chi connectivity index (χ1) is 7.29. The molecule has 0 radical (unpaired) electrons. The van der Waals surface area contributed by atoms with Crippen molar-refractivity contribution in [3.8, 4) is 5.75 Å². The minimum absolute atomic E-state index is 0.521. The Morgan fingerprint density at radius 2 is 2.13 bits per heavy atom. The minimum atomic E-state index is 0.521. The van der Waals surface area contributed by atoms with Gasteiger partial charge in [-0.3, -0.25) is 0 Å². The van der Waals surface area contributed by atoms with Gasteiger partial charge in [0.2, 0.25) is 0 Å². The monoisotopic (exact) mass is 205 g/mol. The standard InChI is InChI=1S/C13H19NO/c1-10-7-11(9-12(8-10)15-2)13-5-3-4-6-14-13/h7-9,13-14H,3-6H2,1-2H3/t13-/m1/s1. The van der Waals surface area contributed by atoms with Crippen molar-refractivity contribution in [3.05, 3.63) is 29.3 Å². The minimum Gasteiger partial charge on any atom is -0.497 e. The van der Waals surface area contributed by atoms with E-state index in [1.807, 2.05) is 0 Å². The number of aryl methyl sites for hydroxylation is 1. The molecule has 1 aliphatic heterocycles. The molecular weight excluding hydrogens is 186 g/mol. The molecule has 2 rings (SSSR count). The van der Waals surface area contributed by atoms with Gasteiger partial charge in [0.1, 0.15) is 5.75 Å². The Morgan fingerprint density at radius 3 is 2.80 bits per heavy atom. The summed E-state index contributed by atoms with van der Waals surface area (Å²) in [6.07, 6.45) is 3.87. The number of rotatable bonds is 2. The Balaban J connectivity index is 2.22. The first-order valence-corrected chi connectivity index (χ1v) is 5.68. The number of hydrogen-bond donors (Lipinski definition) is 1. The van der Waals surface area contributed by atoms with Crippen molar-refractivity contribution < 1.29 is 4.74 Å². The van der Waals surface area contributed by atoms with Gasteiger partial charge in [-0.25, -0.2) is 0 Å². The molecule has 0 saturated carbocycles. The SMILES string of the molecule is COc1cc(C)cc([C@H]2CCCCN2)c1. The van der Waals surface area contributed by atoms with Crippen molar-refractivity contribution >= 4 is 0 Å². The fraction of sp³-hybridized carbons (Fsp3) is 0.538. The summed E-state index contributed by atoms with van der Waals surface area (Å²) in [6, 6.07) is 7.00. The van der Waals surface area contributed by atoms with Crippen LogP contribution < -0.4 is 10.1 Å². The molecule has 1 heterocycles. The van der Waals surface area contributed by atoms with Crippen LogP contribution in [0.25, 0.3) is 0 Å². The number of ether oxygens (including phenoxy) is 1. The van der Waals surface area contributed by atoms with E-state index in [9.17, 15) is 0 Å². The maximum atomic E-state index is 5.30. The van der Waals surface area contributed by atoms with Gasteiger partial charge in [-0.05, 0) is 49.6 Å². The Hall–Kier alpha value is -1.02. The van der Waals surface area contributed by atoms with Crippen molar-refractivity contribution in [2.75, 3.05) is 13.7 Å². The van der Waals surface area contributed by atoms with Gasteiger partial charge < -0.3 is 10.1 Å². The third-order valence-corrected chi connectivity index (χ3v) is 3.02. The van der Waals surface area contributed by atoms with Crippen LogP contribution in [0.2, 0.25) is 0 Å². The van der Waals surface area contributed by atoms with Crippen LogP contribution >= 0.6 is 0 Å². The number of piperidine rings is 1. The highest BCUT2D eigenvalue weighted by Crippen LogP contribution is 2.27. The van der Waals surface area contributed by atoms with E-state index in [1.165, 1.54) is 30.4 Å². The van der Waals surface area contributed by atoms with Crippen molar-refractivity contribution in [1.82, 2.24) is 5.32 Å². The van der Waals surface area contributed by atoms with E-state index in [0.29, 0.717) is 6.04 Å². The molecule has 0 aliphatic carbocycles. The second-order valence-corrected chi connectivity index (χ2v) is 4.29. The number of nitrogens with one attached hydrogen (secondary N) is 1. The number of benzene rings is 1. The Labute approximate surface area is 91.6 Å². The normalized spacial score (nSPS) is 21.3. The summed E-state index contributed by atoms with van der Waals surface area (Å²) in [4.78, 5) is 0. The molecule has 0 unspecified atom stereocenters. The molecule has 2 heteroatoms. The molecule has 15 heavy (non-hydrogen) atoms. The fourth-order valence-electron chi connectivity index (χ4n) is 2.23. The molecule has 2 nitrogen and oxygen atoms in total. The summed E-state index contributed by atoms with van der Waals surface area (Å²) in [5, 5.41) is 3.56. The predicted molar refractivity (Wildman–Crippen MR) is 62.3 cm³/mol. The van der Waals surface area contributed by atoms with Crippen molar-refractivity contribution in [2.45, 2.75) is 32.2 Å². The van der Waals surface area contributed by atoms with Crippen molar-refractivity contribution in [1.29, 1.82) is 0 Å². The third-order valence-electron chi connectivity index (χ3n) is 3.02. The van der Waals surface area contributed by atoms with Crippen molar-refractivity contribution in [2.24, 2.45) is 0 Å². The molecule has 1 saturated heterocycles. The average molecular weight is 205 g/mol. The van der Waals surface area contributed by atoms with Gasteiger partial charge in [0.15, 0.2) is 0 Å². The Kier molecular flexibility index (Phi) is 3.27. The first kappa shape index (κ1) is 10.5. The van der Waals surface area contributed by atoms with Gasteiger partial charge in [-0.1, -0.05) is 12.5 Å². The Morgan fingerprint density at radius 1 is 1.27 bits per heavy atom. The molecule has 1 aliphatic rings. The first-order valence-electron chi connectivity index (χ1n) is 5.68. The Bertz CT molecular complexity index is 329. The van der Waals surface area contributed by atoms with Gasteiger partial charge in [-0.2, -0.15) is 0 Å². The van der Waals surface area contributed by atoms with Crippen LogP contribution in [0.3, 0.4) is 0 Å². The zero-order valence-electron chi connectivity index (χ0n) is 9.55. The van der Waals surface area contributed by atoms with E-state index in [4.69, 9.17) is 4.74 Å². The zero-order chi connectivity index (χ0) is 10.7. The van der Waals surface area contributed by atoms with Crippen LogP contribution in [-0.4, -0.2) is 13.7 Å². The quantitative estimate of drug-likeness (QED) is 0.801. The van der Waals surface area contributed by atoms with Crippen LogP contribution in [0.5, 0.6) is 5.75 Å². The van der Waals surface area contributed by atoms with E-state index in [-0.39, 0.29) is 0 Å². The van der Waals surface area contributed by atoms with Crippen LogP contribution in [-0.2, 0) is 0 Å². The molecule has 1 aromatic carbocycles. The summed E-state index contributed by atoms with van der Waals surface area (Å²) in [5.74, 6) is 0.970. The molecule has 0 bridgehead atoms.